The highest BCUT2D eigenvalue weighted by molar-refractivity contribution is 6.10. The molecule has 250 valence electrons. The molecular formula is C36H47N6O5+. The van der Waals surface area contributed by atoms with Crippen molar-refractivity contribution >= 4 is 39.0 Å². The molecule has 0 radical (unpaired) electrons. The van der Waals surface area contributed by atoms with Gasteiger partial charge in [0.1, 0.15) is 6.54 Å². The largest absolute Gasteiger partial charge is 0.399 e. The average Bonchev–Trinajstić information content (AvgIpc) is 3.08. The van der Waals surface area contributed by atoms with E-state index in [-0.39, 0.29) is 5.91 Å². The standard InChI is InChI=1S/C36H46N6O5/c1-2-18-44-20-22-46-24-25-47-23-21-45-19-16-39-35(43)11-7-4-8-17-42-34-26-29(37)12-14-32(34)31-15-13-30(40-41-38)27-33(31)36(42)28-9-5-3-6-10-28/h3,5-6,9-10,12-15,26-27,37H,2,4,7-8,11,16-25H2,1H3,(H,39,43)/p+1. The Hall–Kier alpha value is -4.25. The number of anilines is 1. The molecule has 0 bridgehead atoms. The number of hydrogen-bond donors (Lipinski definition) is 2. The smallest absolute Gasteiger partial charge is 0.220 e. The van der Waals surface area contributed by atoms with E-state index in [2.05, 4.69) is 45.0 Å². The number of unbranched alkanes of at least 4 members (excludes halogenated alkanes) is 2. The summed E-state index contributed by atoms with van der Waals surface area (Å²) in [5.74, 6) is 0.0250. The normalized spacial score (nSPS) is 11.2. The number of carbonyl (C=O) groups is 1. The fourth-order valence-corrected chi connectivity index (χ4v) is 5.47. The monoisotopic (exact) mass is 643 g/mol. The Balaban J connectivity index is 1.24. The number of fused-ring (bicyclic) bond motifs is 3. The second-order valence-electron chi connectivity index (χ2n) is 11.2. The van der Waals surface area contributed by atoms with Gasteiger partial charge in [-0.1, -0.05) is 42.4 Å². The molecule has 47 heavy (non-hydrogen) atoms. The molecule has 0 saturated heterocycles. The number of nitrogens with zero attached hydrogens (tertiary/aromatic N) is 4. The summed E-state index contributed by atoms with van der Waals surface area (Å²) in [7, 11) is 0. The molecule has 0 spiro atoms. The van der Waals surface area contributed by atoms with Crippen molar-refractivity contribution in [3.8, 4) is 11.3 Å². The van der Waals surface area contributed by atoms with E-state index < -0.39 is 0 Å². The number of amides is 1. The van der Waals surface area contributed by atoms with Crippen LogP contribution in [0.2, 0.25) is 0 Å². The third-order valence-electron chi connectivity index (χ3n) is 7.66. The fourth-order valence-electron chi connectivity index (χ4n) is 5.47. The molecule has 0 atom stereocenters. The van der Waals surface area contributed by atoms with E-state index >= 15 is 0 Å². The van der Waals surface area contributed by atoms with E-state index in [4.69, 9.17) is 30.2 Å². The lowest BCUT2D eigenvalue weighted by Crippen LogP contribution is -2.37. The van der Waals surface area contributed by atoms with E-state index in [1.807, 2.05) is 48.5 Å². The van der Waals surface area contributed by atoms with Crippen LogP contribution >= 0.6 is 0 Å². The van der Waals surface area contributed by atoms with Gasteiger partial charge in [-0.2, -0.15) is 4.57 Å². The molecule has 1 amide bonds. The summed E-state index contributed by atoms with van der Waals surface area (Å²) in [6.45, 7) is 7.69. The van der Waals surface area contributed by atoms with Gasteiger partial charge in [-0.05, 0) is 55.1 Å². The maximum atomic E-state index is 12.4. The zero-order chi connectivity index (χ0) is 33.1. The Morgan fingerprint density at radius 1 is 0.809 bits per heavy atom. The van der Waals surface area contributed by atoms with Crippen LogP contribution in [0, 0.1) is 0 Å². The molecule has 4 aromatic rings. The molecule has 3 aromatic carbocycles. The Morgan fingerprint density at radius 3 is 2.19 bits per heavy atom. The summed E-state index contributed by atoms with van der Waals surface area (Å²) in [6.07, 6.45) is 4.02. The van der Waals surface area contributed by atoms with Gasteiger partial charge < -0.3 is 30.0 Å². The van der Waals surface area contributed by atoms with Crippen molar-refractivity contribution in [1.29, 1.82) is 0 Å². The summed E-state index contributed by atoms with van der Waals surface area (Å²) < 4.78 is 24.1. The van der Waals surface area contributed by atoms with E-state index in [1.165, 1.54) is 0 Å². The summed E-state index contributed by atoms with van der Waals surface area (Å²) in [5.41, 5.74) is 19.7. The second-order valence-corrected chi connectivity index (χ2v) is 11.2. The van der Waals surface area contributed by atoms with E-state index in [0.717, 1.165) is 71.8 Å². The lowest BCUT2D eigenvalue weighted by molar-refractivity contribution is -0.659. The van der Waals surface area contributed by atoms with Gasteiger partial charge >= 0.3 is 0 Å². The zero-order valence-electron chi connectivity index (χ0n) is 27.4. The number of carbonyl (C=O) groups excluding carboxylic acids is 1. The first-order valence-corrected chi connectivity index (χ1v) is 16.5. The summed E-state index contributed by atoms with van der Waals surface area (Å²) in [6, 6.07) is 22.0. The van der Waals surface area contributed by atoms with Gasteiger partial charge in [0.25, 0.3) is 0 Å². The molecule has 0 aliphatic rings. The Labute approximate surface area is 276 Å². The number of nitrogens with one attached hydrogen (secondary N) is 1. The van der Waals surface area contributed by atoms with E-state index in [0.29, 0.717) is 70.6 Å². The van der Waals surface area contributed by atoms with Crippen molar-refractivity contribution in [2.45, 2.75) is 45.6 Å². The number of azide groups is 1. The van der Waals surface area contributed by atoms with Crippen LogP contribution in [0.4, 0.5) is 11.4 Å². The van der Waals surface area contributed by atoms with Crippen molar-refractivity contribution in [3.63, 3.8) is 0 Å². The van der Waals surface area contributed by atoms with Crippen molar-refractivity contribution < 1.29 is 28.3 Å². The molecule has 0 saturated carbocycles. The quantitative estimate of drug-likeness (QED) is 0.0187. The molecular weight excluding hydrogens is 596 g/mol. The number of nitrogen functional groups attached to an aromatic ring is 1. The van der Waals surface area contributed by atoms with Crippen molar-refractivity contribution in [2.75, 3.05) is 65.1 Å². The molecule has 4 rings (SSSR count). The number of aryl methyl sites for hydroxylation is 1. The molecule has 0 unspecified atom stereocenters. The fraction of sp³-hybridized carbons (Fsp3) is 0.444. The van der Waals surface area contributed by atoms with Crippen LogP contribution in [-0.2, 0) is 30.3 Å². The van der Waals surface area contributed by atoms with Gasteiger partial charge in [0.2, 0.25) is 17.1 Å². The zero-order valence-corrected chi connectivity index (χ0v) is 27.4. The maximum absolute atomic E-state index is 12.4. The number of hydrogen-bond acceptors (Lipinski definition) is 7. The van der Waals surface area contributed by atoms with Crippen LogP contribution < -0.4 is 15.6 Å². The van der Waals surface area contributed by atoms with E-state index in [1.54, 1.807) is 0 Å². The first kappa shape index (κ1) is 35.6. The second kappa shape index (κ2) is 20.1. The summed E-state index contributed by atoms with van der Waals surface area (Å²) in [4.78, 5) is 15.4. The molecule has 11 nitrogen and oxygen atoms in total. The highest BCUT2D eigenvalue weighted by atomic mass is 16.6. The SMILES string of the molecule is CCCOCCOCCOCCOCCNC(=O)CCCCC[n+]1c(-c2ccccc2)c2cc(N=[N+]=[N-])ccc2c2ccc(N)cc21. The lowest BCUT2D eigenvalue weighted by Gasteiger charge is -2.13. The van der Waals surface area contributed by atoms with Crippen LogP contribution in [0.15, 0.2) is 71.8 Å². The van der Waals surface area contributed by atoms with Gasteiger partial charge in [0, 0.05) is 59.3 Å². The first-order valence-electron chi connectivity index (χ1n) is 16.5. The van der Waals surface area contributed by atoms with Crippen molar-refractivity contribution in [3.05, 3.63) is 77.2 Å². The van der Waals surface area contributed by atoms with Gasteiger partial charge in [-0.15, -0.1) is 0 Å². The number of nitrogens with two attached hydrogens (primary N) is 1. The Bertz CT molecular complexity index is 1610. The number of aromatic nitrogens is 1. The predicted molar refractivity (Wildman–Crippen MR) is 185 cm³/mol. The average molecular weight is 644 g/mol. The highest BCUT2D eigenvalue weighted by Gasteiger charge is 2.23. The lowest BCUT2D eigenvalue weighted by atomic mass is 9.98. The minimum absolute atomic E-state index is 0.0250. The Kier molecular flexibility index (Phi) is 15.2. The van der Waals surface area contributed by atoms with Gasteiger partial charge in [-0.3, -0.25) is 4.79 Å². The topological polar surface area (TPSA) is 145 Å². The third kappa shape index (κ3) is 11.2. The predicted octanol–water partition coefficient (Wildman–Crippen LogP) is 6.62. The van der Waals surface area contributed by atoms with Crippen LogP contribution in [-0.4, -0.2) is 65.3 Å². The van der Waals surface area contributed by atoms with Crippen LogP contribution in [0.3, 0.4) is 0 Å². The Morgan fingerprint density at radius 2 is 1.49 bits per heavy atom. The van der Waals surface area contributed by atoms with Gasteiger partial charge in [-0.25, -0.2) is 0 Å². The first-order chi connectivity index (χ1) is 23.1. The highest BCUT2D eigenvalue weighted by Crippen LogP contribution is 2.34. The number of pyridine rings is 1. The molecule has 1 heterocycles. The summed E-state index contributed by atoms with van der Waals surface area (Å²) >= 11 is 0. The van der Waals surface area contributed by atoms with Crippen LogP contribution in [0.25, 0.3) is 43.4 Å². The molecule has 0 fully saturated rings. The molecule has 11 heteroatoms. The third-order valence-corrected chi connectivity index (χ3v) is 7.66. The minimum atomic E-state index is 0.0250. The molecule has 0 aliphatic heterocycles. The number of rotatable bonds is 22. The van der Waals surface area contributed by atoms with Crippen molar-refractivity contribution in [2.24, 2.45) is 5.11 Å². The minimum Gasteiger partial charge on any atom is -0.399 e. The molecule has 3 N–H and O–H groups in total. The van der Waals surface area contributed by atoms with Gasteiger partial charge in [0.05, 0.1) is 57.0 Å². The molecule has 1 aromatic heterocycles. The molecule has 0 aliphatic carbocycles. The number of benzene rings is 3. The van der Waals surface area contributed by atoms with Crippen LogP contribution in [0.1, 0.15) is 39.0 Å². The van der Waals surface area contributed by atoms with E-state index in [9.17, 15) is 4.79 Å². The van der Waals surface area contributed by atoms with Gasteiger partial charge in [0.15, 0.2) is 0 Å². The maximum Gasteiger partial charge on any atom is 0.220 e. The van der Waals surface area contributed by atoms with Crippen LogP contribution in [0.5, 0.6) is 0 Å². The summed E-state index contributed by atoms with van der Waals surface area (Å²) in [5, 5.41) is 9.95. The van der Waals surface area contributed by atoms with Crippen molar-refractivity contribution in [1.82, 2.24) is 5.32 Å². The number of ether oxygens (including phenoxy) is 4.